The second kappa shape index (κ2) is 9.04. The van der Waals surface area contributed by atoms with Gasteiger partial charge in [-0.1, -0.05) is 7.43 Å². The molecule has 0 saturated heterocycles. The molecule has 0 amide bonds. The summed E-state index contributed by atoms with van der Waals surface area (Å²) in [7, 11) is 8.35. The van der Waals surface area contributed by atoms with Gasteiger partial charge < -0.3 is 0 Å². The van der Waals surface area contributed by atoms with Gasteiger partial charge in [-0.3, -0.25) is 0 Å². The number of hydrogen-bond donors (Lipinski definition) is 0. The Labute approximate surface area is 40.4 Å². The third-order valence-electron chi connectivity index (χ3n) is 0. The van der Waals surface area contributed by atoms with Crippen molar-refractivity contribution in [2.75, 3.05) is 0 Å². The topological polar surface area (TPSA) is 0 Å². The Morgan fingerprint density at radius 1 is 1.25 bits per heavy atom. The predicted molar refractivity (Wildman–Crippen MR) is 21.9 cm³/mol. The van der Waals surface area contributed by atoms with Crippen LogP contribution in [0.5, 0.6) is 0 Å². The van der Waals surface area contributed by atoms with E-state index in [1.54, 1.807) is 0 Å². The quantitative estimate of drug-likeness (QED) is 0.503. The first-order valence-electron chi connectivity index (χ1n) is 0.272. The first kappa shape index (κ1) is 8.87. The Balaban J connectivity index is 0. The van der Waals surface area contributed by atoms with Crippen LogP contribution in [-0.2, 0) is 11.5 Å². The molecule has 0 aliphatic carbocycles. The molecule has 0 aliphatic heterocycles. The van der Waals surface area contributed by atoms with Crippen LogP contribution in [0.25, 0.3) is 0 Å². The Kier molecular flexibility index (Phi) is 20.1. The second-order valence-electron chi connectivity index (χ2n) is 0.0556. The molecule has 0 aromatic heterocycles. The van der Waals surface area contributed by atoms with Gasteiger partial charge in [0, 0.05) is 0 Å². The first-order chi connectivity index (χ1) is 1.41. The maximum absolute atomic E-state index is 4.18. The van der Waals surface area contributed by atoms with Gasteiger partial charge in [-0.05, 0) is 0 Å². The van der Waals surface area contributed by atoms with E-state index in [-0.39, 0.29) is 7.43 Å². The fourth-order valence-electron chi connectivity index (χ4n) is 0. The Morgan fingerprint density at radius 2 is 1.25 bits per heavy atom. The Morgan fingerprint density at radius 3 is 1.25 bits per heavy atom. The SMILES string of the molecule is C.[S]=[Co]=[S]. The van der Waals surface area contributed by atoms with Crippen molar-refractivity contribution < 1.29 is 11.5 Å². The summed E-state index contributed by atoms with van der Waals surface area (Å²) < 4.78 is 0. The molecule has 0 aliphatic rings. The summed E-state index contributed by atoms with van der Waals surface area (Å²) in [4.78, 5) is 0. The zero-order valence-corrected chi connectivity index (χ0v) is 3.82. The standard InChI is InChI=1S/CH4.Co.2S/h1H4;;;. The van der Waals surface area contributed by atoms with E-state index in [0.29, 0.717) is 11.5 Å². The first-order valence-corrected chi connectivity index (χ1v) is 3.37. The number of rotatable bonds is 0. The molecular weight excluding hydrogens is 135 g/mol. The van der Waals surface area contributed by atoms with Gasteiger partial charge in [0.15, 0.2) is 0 Å². The van der Waals surface area contributed by atoms with E-state index in [9.17, 15) is 0 Å². The van der Waals surface area contributed by atoms with Crippen LogP contribution in [0.3, 0.4) is 0 Å². The minimum atomic E-state index is 0. The molecule has 0 unspecified atom stereocenters. The summed E-state index contributed by atoms with van der Waals surface area (Å²) in [5.74, 6) is 0. The molecule has 0 N–H and O–H groups in total. The molecule has 0 atom stereocenters. The van der Waals surface area contributed by atoms with Crippen LogP contribution in [0, 0.1) is 0 Å². The average Bonchev–Trinajstić information content (AvgIpc) is 0.918. The van der Waals surface area contributed by atoms with Crippen molar-refractivity contribution >= 4 is 21.2 Å². The summed E-state index contributed by atoms with van der Waals surface area (Å²) in [6.07, 6.45) is 0. The predicted octanol–water partition coefficient (Wildman–Crippen LogP) is 1.93. The van der Waals surface area contributed by atoms with Crippen LogP contribution >= 0.6 is 21.2 Å². The van der Waals surface area contributed by atoms with Crippen molar-refractivity contribution in [1.82, 2.24) is 0 Å². The van der Waals surface area contributed by atoms with E-state index < -0.39 is 0 Å². The van der Waals surface area contributed by atoms with Crippen molar-refractivity contribution in [2.45, 2.75) is 7.43 Å². The molecule has 0 aromatic carbocycles. The molecule has 0 heterocycles. The second-order valence-corrected chi connectivity index (χ2v) is 2.06. The third-order valence-corrected chi connectivity index (χ3v) is 0. The van der Waals surface area contributed by atoms with Gasteiger partial charge >= 0.3 is 32.7 Å². The third kappa shape index (κ3) is 12.5. The molecule has 4 heavy (non-hydrogen) atoms. The Bertz CT molecular complexity index is 27.0. The van der Waals surface area contributed by atoms with E-state index in [1.807, 2.05) is 0 Å². The van der Waals surface area contributed by atoms with Gasteiger partial charge in [0.05, 0.1) is 0 Å². The van der Waals surface area contributed by atoms with Crippen LogP contribution in [0.15, 0.2) is 0 Å². The fraction of sp³-hybridized carbons (Fsp3) is 1.00. The van der Waals surface area contributed by atoms with Crippen molar-refractivity contribution in [3.63, 3.8) is 0 Å². The molecule has 29 valence electrons. The van der Waals surface area contributed by atoms with Crippen molar-refractivity contribution in [3.05, 3.63) is 0 Å². The summed E-state index contributed by atoms with van der Waals surface area (Å²) in [6.45, 7) is 0. The van der Waals surface area contributed by atoms with Gasteiger partial charge in [0.2, 0.25) is 0 Å². The van der Waals surface area contributed by atoms with E-state index >= 15 is 0 Å². The van der Waals surface area contributed by atoms with Crippen LogP contribution in [0.1, 0.15) is 7.43 Å². The van der Waals surface area contributed by atoms with Gasteiger partial charge in [-0.15, -0.1) is 0 Å². The monoisotopic (exact) mass is 139 g/mol. The van der Waals surface area contributed by atoms with Gasteiger partial charge in [-0.25, -0.2) is 0 Å². The van der Waals surface area contributed by atoms with Gasteiger partial charge in [0.1, 0.15) is 0 Å². The summed E-state index contributed by atoms with van der Waals surface area (Å²) in [5.41, 5.74) is 0. The molecular formula is CH4CoS2. The molecule has 0 spiro atoms. The zero-order chi connectivity index (χ0) is 2.71. The van der Waals surface area contributed by atoms with E-state index in [2.05, 4.69) is 21.2 Å². The van der Waals surface area contributed by atoms with Crippen molar-refractivity contribution in [1.29, 1.82) is 0 Å². The van der Waals surface area contributed by atoms with Crippen LogP contribution < -0.4 is 0 Å². The van der Waals surface area contributed by atoms with E-state index in [0.717, 1.165) is 0 Å². The van der Waals surface area contributed by atoms with Gasteiger partial charge in [0.25, 0.3) is 0 Å². The van der Waals surface area contributed by atoms with Crippen LogP contribution in [0.2, 0.25) is 0 Å². The molecule has 0 nitrogen and oxygen atoms in total. The molecule has 0 bridgehead atoms. The van der Waals surface area contributed by atoms with E-state index in [4.69, 9.17) is 0 Å². The normalized spacial score (nSPS) is 4.00. The number of hydrogen-bond acceptors (Lipinski definition) is 2. The summed E-state index contributed by atoms with van der Waals surface area (Å²) in [6, 6.07) is 0. The van der Waals surface area contributed by atoms with Crippen LogP contribution in [0.4, 0.5) is 0 Å². The molecule has 0 radical (unpaired) electrons. The molecule has 0 aromatic rings. The average molecular weight is 139 g/mol. The van der Waals surface area contributed by atoms with Gasteiger partial charge in [-0.2, -0.15) is 0 Å². The van der Waals surface area contributed by atoms with E-state index in [1.165, 1.54) is 0 Å². The summed E-state index contributed by atoms with van der Waals surface area (Å²) >= 11 is 0.604. The fourth-order valence-corrected chi connectivity index (χ4v) is 0. The molecule has 0 saturated carbocycles. The summed E-state index contributed by atoms with van der Waals surface area (Å²) in [5, 5.41) is 0. The molecule has 0 fully saturated rings. The minimum absolute atomic E-state index is 0. The molecule has 3 heteroatoms. The van der Waals surface area contributed by atoms with Crippen LogP contribution in [-0.4, -0.2) is 0 Å². The van der Waals surface area contributed by atoms with Crippen molar-refractivity contribution in [3.8, 4) is 0 Å². The Hall–Kier alpha value is 0.946. The zero-order valence-electron chi connectivity index (χ0n) is 1.15. The maximum atomic E-state index is 4.18. The molecule has 0 rings (SSSR count). The van der Waals surface area contributed by atoms with Crippen molar-refractivity contribution in [2.24, 2.45) is 0 Å².